The van der Waals surface area contributed by atoms with E-state index < -0.39 is 11.4 Å². The Bertz CT molecular complexity index is 765. The summed E-state index contributed by atoms with van der Waals surface area (Å²) < 4.78 is 5.57. The number of aromatic nitrogens is 2. The van der Waals surface area contributed by atoms with Gasteiger partial charge in [0, 0.05) is 31.0 Å². The van der Waals surface area contributed by atoms with Gasteiger partial charge in [0.05, 0.1) is 11.6 Å². The van der Waals surface area contributed by atoms with Crippen LogP contribution in [0.5, 0.6) is 11.6 Å². The molecule has 1 unspecified atom stereocenters. The number of hydrogen-bond donors (Lipinski definition) is 1. The van der Waals surface area contributed by atoms with E-state index >= 15 is 0 Å². The van der Waals surface area contributed by atoms with Crippen molar-refractivity contribution in [1.29, 1.82) is 0 Å². The fraction of sp³-hybridized carbons (Fsp3) is 0.294. The molecule has 2 aromatic rings. The number of likely N-dealkylation sites (tertiary alicyclic amines) is 1. The van der Waals surface area contributed by atoms with Crippen LogP contribution in [0.25, 0.3) is 0 Å². The van der Waals surface area contributed by atoms with Crippen molar-refractivity contribution in [1.82, 2.24) is 14.9 Å². The average molecular weight is 327 g/mol. The molecule has 1 fully saturated rings. The monoisotopic (exact) mass is 327 g/mol. The predicted molar refractivity (Wildman–Crippen MR) is 84.8 cm³/mol. The average Bonchev–Trinajstić information content (AvgIpc) is 2.99. The summed E-state index contributed by atoms with van der Waals surface area (Å²) in [7, 11) is 0. The second-order valence-corrected chi connectivity index (χ2v) is 6.02. The molecule has 0 saturated carbocycles. The predicted octanol–water partition coefficient (Wildman–Crippen LogP) is 2.21. The lowest BCUT2D eigenvalue weighted by atomic mass is 9.90. The Morgan fingerprint density at radius 1 is 1.33 bits per heavy atom. The van der Waals surface area contributed by atoms with E-state index in [9.17, 15) is 14.7 Å². The Hall–Kier alpha value is -2.96. The smallest absolute Gasteiger partial charge is 0.311 e. The zero-order valence-electron chi connectivity index (χ0n) is 13.2. The number of amides is 1. The zero-order valence-corrected chi connectivity index (χ0v) is 13.2. The van der Waals surface area contributed by atoms with Crippen LogP contribution in [0, 0.1) is 5.41 Å². The first-order valence-corrected chi connectivity index (χ1v) is 7.54. The number of nitrogens with zero attached hydrogens (tertiary/aromatic N) is 3. The lowest BCUT2D eigenvalue weighted by molar-refractivity contribution is -0.147. The highest BCUT2D eigenvalue weighted by atomic mass is 16.5. The van der Waals surface area contributed by atoms with Gasteiger partial charge in [0.1, 0.15) is 5.75 Å². The third-order valence-electron chi connectivity index (χ3n) is 4.12. The summed E-state index contributed by atoms with van der Waals surface area (Å²) in [6, 6.07) is 6.73. The minimum absolute atomic E-state index is 0.204. The highest BCUT2D eigenvalue weighted by Gasteiger charge is 2.42. The molecule has 0 aliphatic carbocycles. The molecule has 1 aliphatic heterocycles. The molecular formula is C17H17N3O4. The van der Waals surface area contributed by atoms with E-state index in [-0.39, 0.29) is 12.5 Å². The lowest BCUT2D eigenvalue weighted by Crippen LogP contribution is -2.34. The largest absolute Gasteiger partial charge is 0.481 e. The summed E-state index contributed by atoms with van der Waals surface area (Å²) in [6.07, 6.45) is 4.98. The first-order chi connectivity index (χ1) is 11.5. The molecule has 3 rings (SSSR count). The maximum Gasteiger partial charge on any atom is 0.311 e. The molecule has 0 bridgehead atoms. The molecule has 7 nitrogen and oxygen atoms in total. The van der Waals surface area contributed by atoms with Crippen LogP contribution >= 0.6 is 0 Å². The van der Waals surface area contributed by atoms with Gasteiger partial charge in [-0.2, -0.15) is 0 Å². The molecule has 1 aliphatic rings. The molecule has 7 heteroatoms. The van der Waals surface area contributed by atoms with E-state index in [1.54, 1.807) is 42.3 Å². The standard InChI is InChI=1S/C17H17N3O4/c1-17(16(22)23)5-8-20(11-17)15(21)12-3-2-4-13(9-12)24-14-10-18-6-7-19-14/h2-4,6-7,9-10H,5,8,11H2,1H3,(H,22,23). The molecule has 0 spiro atoms. The molecule has 1 amide bonds. The molecule has 1 saturated heterocycles. The number of carboxylic acids is 1. The summed E-state index contributed by atoms with van der Waals surface area (Å²) in [5.41, 5.74) is -0.435. The van der Waals surface area contributed by atoms with E-state index in [2.05, 4.69) is 9.97 Å². The molecule has 124 valence electrons. The molecule has 1 aromatic heterocycles. The second-order valence-electron chi connectivity index (χ2n) is 6.02. The van der Waals surface area contributed by atoms with E-state index in [0.717, 1.165) is 0 Å². The van der Waals surface area contributed by atoms with Crippen LogP contribution in [-0.4, -0.2) is 44.9 Å². The van der Waals surface area contributed by atoms with Crippen molar-refractivity contribution in [3.05, 3.63) is 48.4 Å². The molecule has 24 heavy (non-hydrogen) atoms. The van der Waals surface area contributed by atoms with Crippen molar-refractivity contribution >= 4 is 11.9 Å². The highest BCUT2D eigenvalue weighted by Crippen LogP contribution is 2.31. The zero-order chi connectivity index (χ0) is 17.2. The lowest BCUT2D eigenvalue weighted by Gasteiger charge is -2.20. The van der Waals surface area contributed by atoms with Crippen molar-refractivity contribution in [2.24, 2.45) is 5.41 Å². The van der Waals surface area contributed by atoms with Gasteiger partial charge < -0.3 is 14.7 Å². The van der Waals surface area contributed by atoms with Crippen LogP contribution in [0.3, 0.4) is 0 Å². The van der Waals surface area contributed by atoms with E-state index in [1.165, 1.54) is 12.4 Å². The van der Waals surface area contributed by atoms with Gasteiger partial charge in [-0.25, -0.2) is 4.98 Å². The molecule has 1 aromatic carbocycles. The van der Waals surface area contributed by atoms with Gasteiger partial charge in [0.2, 0.25) is 5.88 Å². The topological polar surface area (TPSA) is 92.6 Å². The molecule has 2 heterocycles. The van der Waals surface area contributed by atoms with Crippen LogP contribution in [0.1, 0.15) is 23.7 Å². The van der Waals surface area contributed by atoms with Gasteiger partial charge in [-0.05, 0) is 31.5 Å². The second kappa shape index (κ2) is 6.27. The van der Waals surface area contributed by atoms with Crippen molar-refractivity contribution in [3.63, 3.8) is 0 Å². The summed E-state index contributed by atoms with van der Waals surface area (Å²) in [5.74, 6) is -0.273. The molecular weight excluding hydrogens is 310 g/mol. The van der Waals surface area contributed by atoms with Crippen molar-refractivity contribution in [2.45, 2.75) is 13.3 Å². The Labute approximate surface area is 138 Å². The van der Waals surface area contributed by atoms with E-state index in [1.807, 2.05) is 0 Å². The summed E-state index contributed by atoms with van der Waals surface area (Å²) in [6.45, 7) is 2.30. The summed E-state index contributed by atoms with van der Waals surface area (Å²) in [5, 5.41) is 9.28. The van der Waals surface area contributed by atoms with E-state index in [4.69, 9.17) is 4.74 Å². The first kappa shape index (κ1) is 15.9. The van der Waals surface area contributed by atoms with Crippen LogP contribution in [-0.2, 0) is 4.79 Å². The molecule has 1 N–H and O–H groups in total. The van der Waals surface area contributed by atoms with Crippen molar-refractivity contribution < 1.29 is 19.4 Å². The van der Waals surface area contributed by atoms with Gasteiger partial charge in [0.25, 0.3) is 5.91 Å². The summed E-state index contributed by atoms with van der Waals surface area (Å²) in [4.78, 5) is 33.4. The molecule has 1 atom stereocenters. The van der Waals surface area contributed by atoms with Gasteiger partial charge in [-0.15, -0.1) is 0 Å². The van der Waals surface area contributed by atoms with Crippen molar-refractivity contribution in [3.8, 4) is 11.6 Å². The SMILES string of the molecule is CC1(C(=O)O)CCN(C(=O)c2cccc(Oc3cnccn3)c2)C1. The van der Waals surface area contributed by atoms with Crippen LogP contribution in [0.15, 0.2) is 42.9 Å². The van der Waals surface area contributed by atoms with Gasteiger partial charge in [-0.1, -0.05) is 6.07 Å². The number of carbonyl (C=O) groups is 2. The Kier molecular flexibility index (Phi) is 4.16. The number of carboxylic acid groups (broad SMARTS) is 1. The first-order valence-electron chi connectivity index (χ1n) is 7.54. The quantitative estimate of drug-likeness (QED) is 0.925. The normalized spacial score (nSPS) is 20.0. The Balaban J connectivity index is 1.74. The minimum Gasteiger partial charge on any atom is -0.481 e. The van der Waals surface area contributed by atoms with Gasteiger partial charge in [0.15, 0.2) is 0 Å². The maximum absolute atomic E-state index is 12.6. The number of ether oxygens (including phenoxy) is 1. The Morgan fingerprint density at radius 3 is 2.83 bits per heavy atom. The number of hydrogen-bond acceptors (Lipinski definition) is 5. The summed E-state index contributed by atoms with van der Waals surface area (Å²) >= 11 is 0. The number of aliphatic carboxylic acids is 1. The number of rotatable bonds is 4. The van der Waals surface area contributed by atoms with Crippen LogP contribution in [0.4, 0.5) is 0 Å². The number of carbonyl (C=O) groups excluding carboxylic acids is 1. The highest BCUT2D eigenvalue weighted by molar-refractivity contribution is 5.95. The van der Waals surface area contributed by atoms with Crippen molar-refractivity contribution in [2.75, 3.05) is 13.1 Å². The van der Waals surface area contributed by atoms with E-state index in [0.29, 0.717) is 30.2 Å². The molecule has 0 radical (unpaired) electrons. The fourth-order valence-corrected chi connectivity index (χ4v) is 2.64. The van der Waals surface area contributed by atoms with Gasteiger partial charge in [-0.3, -0.25) is 14.6 Å². The fourth-order valence-electron chi connectivity index (χ4n) is 2.64. The maximum atomic E-state index is 12.6. The van der Waals surface area contributed by atoms with Crippen LogP contribution in [0.2, 0.25) is 0 Å². The minimum atomic E-state index is -0.886. The third kappa shape index (κ3) is 3.19. The Morgan fingerprint density at radius 2 is 2.17 bits per heavy atom. The number of benzene rings is 1. The van der Waals surface area contributed by atoms with Crippen LogP contribution < -0.4 is 4.74 Å². The third-order valence-corrected chi connectivity index (χ3v) is 4.12. The van der Waals surface area contributed by atoms with Gasteiger partial charge >= 0.3 is 5.97 Å².